The van der Waals surface area contributed by atoms with Crippen molar-refractivity contribution in [3.8, 4) is 5.75 Å². The molecule has 1 fully saturated rings. The van der Waals surface area contributed by atoms with Gasteiger partial charge in [-0.05, 0) is 58.5 Å². The number of nitrogens with two attached hydrogens (primary N) is 1. The molecule has 1 aromatic heterocycles. The van der Waals surface area contributed by atoms with Gasteiger partial charge in [0.1, 0.15) is 17.6 Å². The summed E-state index contributed by atoms with van der Waals surface area (Å²) in [5, 5.41) is 3.43. The number of amidine groups is 1. The van der Waals surface area contributed by atoms with Crippen molar-refractivity contribution in [1.29, 1.82) is 0 Å². The molecule has 10 nitrogen and oxygen atoms in total. The highest BCUT2D eigenvalue weighted by Crippen LogP contribution is 2.28. The summed E-state index contributed by atoms with van der Waals surface area (Å²) < 4.78 is 37.6. The number of likely N-dealkylation sites (N-methyl/N-ethyl adjacent to an activating group) is 1. The van der Waals surface area contributed by atoms with E-state index in [1.807, 2.05) is 17.5 Å². The Morgan fingerprint density at radius 1 is 1.19 bits per heavy atom. The van der Waals surface area contributed by atoms with Crippen molar-refractivity contribution in [1.82, 2.24) is 9.21 Å². The molecule has 0 aliphatic carbocycles. The average Bonchev–Trinajstić information content (AvgIpc) is 3.49. The minimum Gasteiger partial charge on any atom is -0.497 e. The van der Waals surface area contributed by atoms with Crippen molar-refractivity contribution in [2.75, 3.05) is 27.8 Å². The van der Waals surface area contributed by atoms with Crippen molar-refractivity contribution in [2.24, 2.45) is 10.7 Å². The second-order valence-electron chi connectivity index (χ2n) is 8.25. The Bertz CT molecular complexity index is 1450. The lowest BCUT2D eigenvalue weighted by Gasteiger charge is -2.23. The molecular formula is C24H26N4O6S2. The predicted molar refractivity (Wildman–Crippen MR) is 137 cm³/mol. The number of rotatable bonds is 7. The Hall–Kier alpha value is -3.48. The summed E-state index contributed by atoms with van der Waals surface area (Å²) in [5.74, 6) is 0.386. The van der Waals surface area contributed by atoms with E-state index in [-0.39, 0.29) is 16.6 Å². The van der Waals surface area contributed by atoms with Crippen LogP contribution < -0.4 is 10.5 Å². The third-order valence-electron chi connectivity index (χ3n) is 6.07. The van der Waals surface area contributed by atoms with Crippen molar-refractivity contribution >= 4 is 50.0 Å². The Labute approximate surface area is 213 Å². The van der Waals surface area contributed by atoms with Gasteiger partial charge in [0, 0.05) is 20.1 Å². The molecule has 2 heterocycles. The van der Waals surface area contributed by atoms with Crippen molar-refractivity contribution in [3.05, 3.63) is 58.3 Å². The SMILES string of the molecule is COC(=O)N=C(N)c1cc(CN2CC[C@H](N(C)S(=O)(=O)c3ccc4ccc(OC)cc4c3)C2=O)cs1. The van der Waals surface area contributed by atoms with Crippen LogP contribution >= 0.6 is 11.3 Å². The fraction of sp³-hybridized carbons (Fsp3) is 0.292. The van der Waals surface area contributed by atoms with Crippen LogP contribution in [0, 0.1) is 0 Å². The molecule has 1 aliphatic heterocycles. The third kappa shape index (κ3) is 5.06. The maximum absolute atomic E-state index is 13.4. The Morgan fingerprint density at radius 2 is 1.94 bits per heavy atom. The summed E-state index contributed by atoms with van der Waals surface area (Å²) in [5.41, 5.74) is 6.64. The number of fused-ring (bicyclic) bond motifs is 1. The van der Waals surface area contributed by atoms with Gasteiger partial charge in [0.25, 0.3) is 0 Å². The second kappa shape index (κ2) is 10.2. The number of methoxy groups -OCH3 is 2. The maximum atomic E-state index is 13.4. The monoisotopic (exact) mass is 530 g/mol. The van der Waals surface area contributed by atoms with Gasteiger partial charge < -0.3 is 20.1 Å². The molecule has 2 N–H and O–H groups in total. The van der Waals surface area contributed by atoms with Gasteiger partial charge in [-0.25, -0.2) is 13.2 Å². The Morgan fingerprint density at radius 3 is 2.67 bits per heavy atom. The van der Waals surface area contributed by atoms with Crippen LogP contribution in [0.3, 0.4) is 0 Å². The first kappa shape index (κ1) is 25.6. The minimum absolute atomic E-state index is 0.0301. The number of sulfonamides is 1. The lowest BCUT2D eigenvalue weighted by atomic mass is 10.1. The van der Waals surface area contributed by atoms with Crippen molar-refractivity contribution in [2.45, 2.75) is 23.9 Å². The molecule has 1 atom stereocenters. The molecule has 3 aromatic rings. The third-order valence-corrected chi connectivity index (χ3v) is 8.93. The van der Waals surface area contributed by atoms with E-state index in [1.165, 1.54) is 25.5 Å². The Balaban J connectivity index is 1.49. The van der Waals surface area contributed by atoms with Crippen LogP contribution in [-0.2, 0) is 26.1 Å². The van der Waals surface area contributed by atoms with Crippen LogP contribution in [-0.4, -0.2) is 69.3 Å². The van der Waals surface area contributed by atoms with E-state index in [1.54, 1.807) is 42.3 Å². The molecule has 2 aromatic carbocycles. The first-order valence-corrected chi connectivity index (χ1v) is 13.3. The number of ether oxygens (including phenoxy) is 2. The molecule has 0 bridgehead atoms. The molecule has 0 saturated carbocycles. The number of carbonyl (C=O) groups excluding carboxylic acids is 2. The topological polar surface area (TPSA) is 132 Å². The fourth-order valence-corrected chi connectivity index (χ4v) is 6.24. The summed E-state index contributed by atoms with van der Waals surface area (Å²) in [4.78, 5) is 30.4. The maximum Gasteiger partial charge on any atom is 0.435 e. The van der Waals surface area contributed by atoms with Gasteiger partial charge in [-0.2, -0.15) is 9.30 Å². The summed E-state index contributed by atoms with van der Waals surface area (Å²) in [6.07, 6.45) is -0.423. The molecule has 36 heavy (non-hydrogen) atoms. The number of hydrogen-bond acceptors (Lipinski definition) is 7. The summed E-state index contributed by atoms with van der Waals surface area (Å²) in [7, 11) is 0.283. The van der Waals surface area contributed by atoms with E-state index in [0.717, 1.165) is 20.6 Å². The van der Waals surface area contributed by atoms with E-state index >= 15 is 0 Å². The highest BCUT2D eigenvalue weighted by atomic mass is 32.2. The number of amides is 2. The molecule has 0 unspecified atom stereocenters. The molecule has 0 radical (unpaired) electrons. The zero-order chi connectivity index (χ0) is 26.0. The zero-order valence-corrected chi connectivity index (χ0v) is 21.6. The Kier molecular flexibility index (Phi) is 7.29. The van der Waals surface area contributed by atoms with Crippen LogP contribution in [0.25, 0.3) is 10.8 Å². The summed E-state index contributed by atoms with van der Waals surface area (Å²) in [6.45, 7) is 0.705. The fourth-order valence-electron chi connectivity index (χ4n) is 4.05. The van der Waals surface area contributed by atoms with Crippen molar-refractivity contribution < 1.29 is 27.5 Å². The normalized spacial score (nSPS) is 16.7. The van der Waals surface area contributed by atoms with Gasteiger partial charge in [-0.3, -0.25) is 4.79 Å². The standard InChI is InChI=1S/C24H26N4O6S2/c1-27(36(31,32)19-7-5-16-4-6-18(33-2)11-17(16)12-19)20-8-9-28(23(20)29)13-15-10-21(35-14-15)22(25)26-24(30)34-3/h4-7,10-12,14,20H,8-9,13H2,1-3H3,(H2,25,26,30)/t20-/m0/s1. The number of thiophene rings is 1. The molecule has 12 heteroatoms. The molecule has 190 valence electrons. The van der Waals surface area contributed by atoms with Crippen LogP contribution in [0.1, 0.15) is 16.9 Å². The largest absolute Gasteiger partial charge is 0.497 e. The van der Waals surface area contributed by atoms with Gasteiger partial charge in [-0.1, -0.05) is 12.1 Å². The molecule has 0 spiro atoms. The number of carbonyl (C=O) groups is 2. The summed E-state index contributed by atoms with van der Waals surface area (Å²) in [6, 6.07) is 11.3. The van der Waals surface area contributed by atoms with Crippen LogP contribution in [0.5, 0.6) is 5.75 Å². The van der Waals surface area contributed by atoms with E-state index in [4.69, 9.17) is 10.5 Å². The van der Waals surface area contributed by atoms with E-state index in [0.29, 0.717) is 30.1 Å². The van der Waals surface area contributed by atoms with Gasteiger partial charge in [0.2, 0.25) is 15.9 Å². The molecular weight excluding hydrogens is 504 g/mol. The van der Waals surface area contributed by atoms with Gasteiger partial charge in [-0.15, -0.1) is 11.3 Å². The second-order valence-corrected chi connectivity index (χ2v) is 11.2. The number of aliphatic imine (C=N–C) groups is 1. The van der Waals surface area contributed by atoms with Crippen molar-refractivity contribution in [3.63, 3.8) is 0 Å². The average molecular weight is 531 g/mol. The highest BCUT2D eigenvalue weighted by Gasteiger charge is 2.39. The molecule has 4 rings (SSSR count). The van der Waals surface area contributed by atoms with E-state index < -0.39 is 22.2 Å². The predicted octanol–water partition coefficient (Wildman–Crippen LogP) is 2.80. The lowest BCUT2D eigenvalue weighted by molar-refractivity contribution is -0.131. The van der Waals surface area contributed by atoms with Crippen LogP contribution in [0.15, 0.2) is 57.7 Å². The molecule has 2 amide bonds. The van der Waals surface area contributed by atoms with E-state index in [2.05, 4.69) is 9.73 Å². The number of benzene rings is 2. The quantitative estimate of drug-likeness (QED) is 0.367. The smallest absolute Gasteiger partial charge is 0.435 e. The molecule has 1 aliphatic rings. The lowest BCUT2D eigenvalue weighted by Crippen LogP contribution is -2.42. The van der Waals surface area contributed by atoms with Crippen LogP contribution in [0.4, 0.5) is 4.79 Å². The number of nitrogens with zero attached hydrogens (tertiary/aromatic N) is 3. The van der Waals surface area contributed by atoms with Gasteiger partial charge in [0.15, 0.2) is 0 Å². The van der Waals surface area contributed by atoms with Gasteiger partial charge >= 0.3 is 6.09 Å². The first-order chi connectivity index (χ1) is 17.1. The minimum atomic E-state index is -3.91. The number of likely N-dealkylation sites (tertiary alicyclic amines) is 1. The van der Waals surface area contributed by atoms with E-state index in [9.17, 15) is 18.0 Å². The van der Waals surface area contributed by atoms with Crippen LogP contribution in [0.2, 0.25) is 0 Å². The zero-order valence-electron chi connectivity index (χ0n) is 20.0. The van der Waals surface area contributed by atoms with Gasteiger partial charge in [0.05, 0.1) is 24.0 Å². The molecule has 1 saturated heterocycles. The first-order valence-electron chi connectivity index (χ1n) is 11.0. The summed E-state index contributed by atoms with van der Waals surface area (Å²) >= 11 is 1.29. The number of hydrogen-bond donors (Lipinski definition) is 1. The highest BCUT2D eigenvalue weighted by molar-refractivity contribution is 7.89.